The predicted molar refractivity (Wildman–Crippen MR) is 75.7 cm³/mol. The van der Waals surface area contributed by atoms with Gasteiger partial charge in [-0.3, -0.25) is 9.59 Å². The number of thiol groups is 1. The van der Waals surface area contributed by atoms with E-state index in [1.54, 1.807) is 9.80 Å². The second-order valence-corrected chi connectivity index (χ2v) is 5.29. The Labute approximate surface area is 115 Å². The number of carbonyl (C=O) groups is 2. The zero-order chi connectivity index (χ0) is 13.8. The van der Waals surface area contributed by atoms with Crippen LogP contribution in [-0.4, -0.2) is 53.5 Å². The van der Waals surface area contributed by atoms with E-state index in [4.69, 9.17) is 0 Å². The molecule has 0 saturated carbocycles. The maximum atomic E-state index is 12.0. The van der Waals surface area contributed by atoms with Gasteiger partial charge in [-0.15, -0.1) is 0 Å². The van der Waals surface area contributed by atoms with Crippen LogP contribution in [-0.2, 0) is 9.59 Å². The van der Waals surface area contributed by atoms with E-state index in [-0.39, 0.29) is 17.2 Å². The molecular weight excluding hydrogens is 248 g/mol. The zero-order valence-electron chi connectivity index (χ0n) is 11.6. The number of hydrogen-bond donors (Lipinski definition) is 1. The fourth-order valence-corrected chi connectivity index (χ4v) is 2.87. The Hall–Kier alpha value is -0.710. The molecule has 0 aromatic carbocycles. The van der Waals surface area contributed by atoms with Gasteiger partial charge in [0.05, 0.1) is 0 Å². The van der Waals surface area contributed by atoms with Crippen LogP contribution in [0.4, 0.5) is 0 Å². The van der Waals surface area contributed by atoms with E-state index >= 15 is 0 Å². The lowest BCUT2D eigenvalue weighted by atomic mass is 9.83. The van der Waals surface area contributed by atoms with Gasteiger partial charge in [0, 0.05) is 26.2 Å². The molecule has 1 heterocycles. The van der Waals surface area contributed by atoms with Gasteiger partial charge in [0.1, 0.15) is 0 Å². The minimum absolute atomic E-state index is 0.0352. The third-order valence-corrected chi connectivity index (χ3v) is 4.81. The number of likely N-dealkylation sites (N-methyl/N-ethyl adjacent to an activating group) is 1. The van der Waals surface area contributed by atoms with Crippen LogP contribution in [0.5, 0.6) is 0 Å². The first-order valence-corrected chi connectivity index (χ1v) is 7.35. The second kappa shape index (κ2) is 6.45. The van der Waals surface area contributed by atoms with Crippen molar-refractivity contribution >= 4 is 24.4 Å². The van der Waals surface area contributed by atoms with Crippen molar-refractivity contribution in [3.05, 3.63) is 0 Å². The molecular formula is C13H24N2O2S. The van der Waals surface area contributed by atoms with Crippen LogP contribution in [0.15, 0.2) is 0 Å². The van der Waals surface area contributed by atoms with Gasteiger partial charge in [0.15, 0.2) is 0 Å². The molecule has 1 aliphatic rings. The third-order valence-electron chi connectivity index (χ3n) is 4.14. The molecule has 0 N–H and O–H groups in total. The van der Waals surface area contributed by atoms with Gasteiger partial charge >= 0.3 is 11.8 Å². The summed E-state index contributed by atoms with van der Waals surface area (Å²) in [6.45, 7) is 8.69. The number of amides is 2. The van der Waals surface area contributed by atoms with E-state index in [0.717, 1.165) is 18.6 Å². The van der Waals surface area contributed by atoms with Crippen LogP contribution in [0.2, 0.25) is 0 Å². The fourth-order valence-electron chi connectivity index (χ4n) is 2.32. The molecule has 0 aromatic rings. The van der Waals surface area contributed by atoms with E-state index in [9.17, 15) is 9.59 Å². The van der Waals surface area contributed by atoms with Crippen LogP contribution < -0.4 is 0 Å². The standard InChI is InChI=1S/C13H24N2O2S/c1-4-13(5-2,10-18)9-15-8-7-14(6-3)11(16)12(15)17/h18H,4-10H2,1-3H3. The summed E-state index contributed by atoms with van der Waals surface area (Å²) in [6, 6.07) is 0. The average Bonchev–Trinajstić information content (AvgIpc) is 2.41. The molecule has 18 heavy (non-hydrogen) atoms. The highest BCUT2D eigenvalue weighted by Gasteiger charge is 2.36. The molecule has 4 nitrogen and oxygen atoms in total. The zero-order valence-corrected chi connectivity index (χ0v) is 12.5. The smallest absolute Gasteiger partial charge is 0.312 e. The van der Waals surface area contributed by atoms with E-state index in [1.807, 2.05) is 6.92 Å². The van der Waals surface area contributed by atoms with Crippen molar-refractivity contribution in [3.63, 3.8) is 0 Å². The lowest BCUT2D eigenvalue weighted by Gasteiger charge is -2.39. The number of carbonyl (C=O) groups excluding carboxylic acids is 2. The molecule has 0 atom stereocenters. The Morgan fingerprint density at radius 2 is 1.56 bits per heavy atom. The van der Waals surface area contributed by atoms with Gasteiger partial charge in [0.2, 0.25) is 0 Å². The molecule has 2 amide bonds. The van der Waals surface area contributed by atoms with Crippen LogP contribution >= 0.6 is 12.6 Å². The summed E-state index contributed by atoms with van der Waals surface area (Å²) in [5, 5.41) is 0. The van der Waals surface area contributed by atoms with Gasteiger partial charge in [-0.25, -0.2) is 0 Å². The normalized spacial score (nSPS) is 17.6. The Bertz CT molecular complexity index is 308. The minimum atomic E-state index is -0.357. The third kappa shape index (κ3) is 2.99. The molecule has 5 heteroatoms. The molecule has 104 valence electrons. The maximum absolute atomic E-state index is 12.0. The first-order valence-electron chi connectivity index (χ1n) is 6.72. The number of hydrogen-bond acceptors (Lipinski definition) is 3. The van der Waals surface area contributed by atoms with E-state index in [1.165, 1.54) is 0 Å². The molecule has 1 fully saturated rings. The van der Waals surface area contributed by atoms with Gasteiger partial charge in [-0.05, 0) is 30.9 Å². The molecule has 1 saturated heterocycles. The first kappa shape index (κ1) is 15.3. The van der Waals surface area contributed by atoms with Gasteiger partial charge in [0.25, 0.3) is 0 Å². The molecule has 1 aliphatic heterocycles. The van der Waals surface area contributed by atoms with Crippen molar-refractivity contribution < 1.29 is 9.59 Å². The monoisotopic (exact) mass is 272 g/mol. The van der Waals surface area contributed by atoms with Crippen LogP contribution in [0, 0.1) is 5.41 Å². The first-order chi connectivity index (χ1) is 8.53. The summed E-state index contributed by atoms with van der Waals surface area (Å²) >= 11 is 4.42. The molecule has 0 spiro atoms. The number of rotatable bonds is 6. The second-order valence-electron chi connectivity index (χ2n) is 4.98. The average molecular weight is 272 g/mol. The lowest BCUT2D eigenvalue weighted by Crippen LogP contribution is -2.56. The van der Waals surface area contributed by atoms with Crippen molar-refractivity contribution in [2.45, 2.75) is 33.6 Å². The quantitative estimate of drug-likeness (QED) is 0.587. The Morgan fingerprint density at radius 3 is 2.00 bits per heavy atom. The van der Waals surface area contributed by atoms with Crippen LogP contribution in [0.3, 0.4) is 0 Å². The Balaban J connectivity index is 2.74. The molecule has 1 rings (SSSR count). The highest BCUT2D eigenvalue weighted by atomic mass is 32.1. The topological polar surface area (TPSA) is 40.6 Å². The molecule has 0 unspecified atom stereocenters. The van der Waals surface area contributed by atoms with Crippen molar-refractivity contribution in [1.82, 2.24) is 9.80 Å². The highest BCUT2D eigenvalue weighted by Crippen LogP contribution is 2.29. The summed E-state index contributed by atoms with van der Waals surface area (Å²) in [6.07, 6.45) is 1.95. The Kier molecular flexibility index (Phi) is 5.50. The van der Waals surface area contributed by atoms with Crippen molar-refractivity contribution in [2.24, 2.45) is 5.41 Å². The lowest BCUT2D eigenvalue weighted by molar-refractivity contribution is -0.156. The van der Waals surface area contributed by atoms with Crippen molar-refractivity contribution in [1.29, 1.82) is 0 Å². The minimum Gasteiger partial charge on any atom is -0.333 e. The number of nitrogens with zero attached hydrogens (tertiary/aromatic N) is 2. The predicted octanol–water partition coefficient (Wildman–Crippen LogP) is 1.41. The van der Waals surface area contributed by atoms with Crippen molar-refractivity contribution in [3.8, 4) is 0 Å². The summed E-state index contributed by atoms with van der Waals surface area (Å²) in [5.74, 6) is 0.0373. The summed E-state index contributed by atoms with van der Waals surface area (Å²) in [4.78, 5) is 27.2. The van der Waals surface area contributed by atoms with Crippen LogP contribution in [0.25, 0.3) is 0 Å². The van der Waals surface area contributed by atoms with Gasteiger partial charge < -0.3 is 9.80 Å². The molecule has 0 bridgehead atoms. The summed E-state index contributed by atoms with van der Waals surface area (Å²) < 4.78 is 0. The molecule has 0 aliphatic carbocycles. The summed E-state index contributed by atoms with van der Waals surface area (Å²) in [7, 11) is 0. The largest absolute Gasteiger partial charge is 0.333 e. The highest BCUT2D eigenvalue weighted by molar-refractivity contribution is 7.80. The Morgan fingerprint density at radius 1 is 1.06 bits per heavy atom. The molecule has 0 aromatic heterocycles. The SMILES string of the molecule is CCN1CCN(CC(CC)(CC)CS)C(=O)C1=O. The fraction of sp³-hybridized carbons (Fsp3) is 0.846. The summed E-state index contributed by atoms with van der Waals surface area (Å²) in [5.41, 5.74) is 0.0352. The van der Waals surface area contributed by atoms with Gasteiger partial charge in [-0.1, -0.05) is 13.8 Å². The van der Waals surface area contributed by atoms with E-state index in [0.29, 0.717) is 26.2 Å². The molecule has 0 radical (unpaired) electrons. The van der Waals surface area contributed by atoms with E-state index < -0.39 is 0 Å². The maximum Gasteiger partial charge on any atom is 0.312 e. The van der Waals surface area contributed by atoms with Gasteiger partial charge in [-0.2, -0.15) is 12.6 Å². The van der Waals surface area contributed by atoms with Crippen LogP contribution in [0.1, 0.15) is 33.6 Å². The van der Waals surface area contributed by atoms with E-state index in [2.05, 4.69) is 26.5 Å². The van der Waals surface area contributed by atoms with Crippen molar-refractivity contribution in [2.75, 3.05) is 31.9 Å². The number of piperazine rings is 1.